The highest BCUT2D eigenvalue weighted by molar-refractivity contribution is 5.82. The average Bonchev–Trinajstić information content (AvgIpc) is 2.91. The highest BCUT2D eigenvalue weighted by Crippen LogP contribution is 2.20. The van der Waals surface area contributed by atoms with Gasteiger partial charge in [-0.1, -0.05) is 87.6 Å². The molecular weight excluding hydrogens is 580 g/mol. The van der Waals surface area contributed by atoms with Crippen LogP contribution in [0.1, 0.15) is 72.1 Å². The van der Waals surface area contributed by atoms with Gasteiger partial charge in [0.15, 0.2) is 0 Å². The summed E-state index contributed by atoms with van der Waals surface area (Å²) in [5.74, 6) is -0.714. The van der Waals surface area contributed by atoms with Crippen LogP contribution in [0.3, 0.4) is 0 Å². The van der Waals surface area contributed by atoms with Crippen LogP contribution in [-0.2, 0) is 9.53 Å². The van der Waals surface area contributed by atoms with E-state index in [0.29, 0.717) is 6.42 Å². The van der Waals surface area contributed by atoms with Crippen molar-refractivity contribution in [3.8, 4) is 0 Å². The van der Waals surface area contributed by atoms with Crippen molar-refractivity contribution in [2.45, 2.75) is 127 Å². The highest BCUT2D eigenvalue weighted by atomic mass is 16.5. The topological polar surface area (TPSA) is 188 Å². The molecule has 10 heteroatoms. The Morgan fingerprint density at radius 2 is 0.978 bits per heavy atom. The van der Waals surface area contributed by atoms with Gasteiger partial charge in [0.25, 0.3) is 0 Å². The number of hydrogen-bond donors (Lipinski definition) is 8. The summed E-state index contributed by atoms with van der Waals surface area (Å²) in [6.07, 6.45) is 11.4. The summed E-state index contributed by atoms with van der Waals surface area (Å²) in [6.45, 7) is 5.72. The summed E-state index contributed by atoms with van der Waals surface area (Å²) in [4.78, 5) is 12.4. The van der Waals surface area contributed by atoms with Crippen LogP contribution < -0.4 is 0 Å². The van der Waals surface area contributed by atoms with Crippen molar-refractivity contribution in [2.75, 3.05) is 0 Å². The van der Waals surface area contributed by atoms with Gasteiger partial charge in [-0.2, -0.15) is 0 Å². The van der Waals surface area contributed by atoms with E-state index in [-0.39, 0.29) is 56.8 Å². The molecule has 0 unspecified atom stereocenters. The fourth-order valence-corrected chi connectivity index (χ4v) is 5.19. The van der Waals surface area contributed by atoms with Crippen LogP contribution in [0.15, 0.2) is 72.9 Å². The molecule has 1 aliphatic heterocycles. The lowest BCUT2D eigenvalue weighted by atomic mass is 9.93. The maximum absolute atomic E-state index is 12.4. The van der Waals surface area contributed by atoms with Gasteiger partial charge in [0, 0.05) is 18.4 Å². The van der Waals surface area contributed by atoms with Crippen LogP contribution in [0.5, 0.6) is 0 Å². The van der Waals surface area contributed by atoms with Gasteiger partial charge in [0.2, 0.25) is 0 Å². The molecule has 0 aromatic heterocycles. The first-order chi connectivity index (χ1) is 21.3. The van der Waals surface area contributed by atoms with Crippen LogP contribution in [0.4, 0.5) is 0 Å². The van der Waals surface area contributed by atoms with E-state index in [1.54, 1.807) is 60.8 Å². The first-order valence-electron chi connectivity index (χ1n) is 15.9. The molecule has 256 valence electrons. The fraction of sp³-hybridized carbons (Fsp3) is 0.629. The molecule has 1 heterocycles. The van der Waals surface area contributed by atoms with E-state index in [1.807, 2.05) is 20.8 Å². The molecule has 0 bridgehead atoms. The lowest BCUT2D eigenvalue weighted by Gasteiger charge is -2.25. The maximum atomic E-state index is 12.4. The molecule has 0 aliphatic carbocycles. The number of ether oxygens (including phenoxy) is 1. The molecule has 0 fully saturated rings. The van der Waals surface area contributed by atoms with Crippen molar-refractivity contribution < 1.29 is 50.4 Å². The highest BCUT2D eigenvalue weighted by Gasteiger charge is 2.25. The standard InChI is InChI=1S/C35H56O10/c1-24(2)35-25(3)15-16-27(37)18-29(39)20-31(41)22-33(43)23-32(42)21-30(40)19-28(38)17-26(36)13-11-9-7-5-4-6-8-10-12-14-34(44)45-35/h4-12,14-16,24-33,35-43H,13,17-23H2,1-3H3/b6-4+,7-5+,10-8+,11-9-,14-12+,16-15?/t25-,26-,27-,28-,29-,30-,31+,32-,33-,35-/m0/s1. The number of hydrogen-bond acceptors (Lipinski definition) is 10. The zero-order valence-electron chi connectivity index (χ0n) is 26.8. The molecule has 0 spiro atoms. The van der Waals surface area contributed by atoms with Crippen molar-refractivity contribution >= 4 is 5.97 Å². The first kappa shape index (κ1) is 40.6. The van der Waals surface area contributed by atoms with Gasteiger partial charge in [0.1, 0.15) is 6.10 Å². The zero-order valence-corrected chi connectivity index (χ0v) is 26.8. The minimum absolute atomic E-state index is 0.00472. The van der Waals surface area contributed by atoms with E-state index in [4.69, 9.17) is 4.74 Å². The number of cyclic esters (lactones) is 1. The molecular formula is C35H56O10. The smallest absolute Gasteiger partial charge is 0.331 e. The second-order valence-corrected chi connectivity index (χ2v) is 12.4. The third-order valence-electron chi connectivity index (χ3n) is 7.40. The molecule has 0 aromatic rings. The van der Waals surface area contributed by atoms with Gasteiger partial charge in [-0.25, -0.2) is 4.79 Å². The molecule has 1 aliphatic rings. The molecule has 0 radical (unpaired) electrons. The quantitative estimate of drug-likeness (QED) is 0.157. The van der Waals surface area contributed by atoms with E-state index < -0.39 is 60.9 Å². The van der Waals surface area contributed by atoms with Crippen LogP contribution in [0.2, 0.25) is 0 Å². The predicted octanol–water partition coefficient (Wildman–Crippen LogP) is 2.55. The largest absolute Gasteiger partial charge is 0.458 e. The Hall–Kier alpha value is -2.41. The second-order valence-electron chi connectivity index (χ2n) is 12.4. The SMILES string of the molecule is CC(C)[C@@H]1OC(=O)/C=C/C=C/C=C/C=C/C=C\C[C@H](O)C[C@H](O)C[C@H](O)C[C@H](O)C[C@@H](O)C[C@H](O)C[C@@H](O)C[C@@H](O)C=C[C@@H]1C. The number of rotatable bonds is 1. The predicted molar refractivity (Wildman–Crippen MR) is 174 cm³/mol. The van der Waals surface area contributed by atoms with Gasteiger partial charge in [-0.3, -0.25) is 0 Å². The van der Waals surface area contributed by atoms with Crippen molar-refractivity contribution in [1.82, 2.24) is 0 Å². The molecule has 0 aromatic carbocycles. The minimum Gasteiger partial charge on any atom is -0.458 e. The maximum Gasteiger partial charge on any atom is 0.331 e. The molecule has 1 rings (SSSR count). The van der Waals surface area contributed by atoms with Crippen LogP contribution >= 0.6 is 0 Å². The summed E-state index contributed by atoms with van der Waals surface area (Å²) >= 11 is 0. The number of carbonyl (C=O) groups excluding carboxylic acids is 1. The molecule has 0 amide bonds. The Morgan fingerprint density at radius 3 is 1.44 bits per heavy atom. The summed E-state index contributed by atoms with van der Waals surface area (Å²) in [5, 5.41) is 82.4. The third kappa shape index (κ3) is 20.4. The van der Waals surface area contributed by atoms with Crippen molar-refractivity contribution in [3.05, 3.63) is 72.9 Å². The Balaban J connectivity index is 2.93. The Labute approximate surface area is 268 Å². The number of aliphatic hydroxyl groups is 8. The Bertz CT molecular complexity index is 985. The number of esters is 1. The molecule has 0 saturated carbocycles. The number of allylic oxidation sites excluding steroid dienone is 8. The van der Waals surface area contributed by atoms with Gasteiger partial charge in [-0.15, -0.1) is 0 Å². The van der Waals surface area contributed by atoms with Crippen molar-refractivity contribution in [1.29, 1.82) is 0 Å². The van der Waals surface area contributed by atoms with Gasteiger partial charge in [0.05, 0.1) is 48.8 Å². The molecule has 0 saturated heterocycles. The lowest BCUT2D eigenvalue weighted by Crippen LogP contribution is -2.30. The summed E-state index contributed by atoms with van der Waals surface area (Å²) < 4.78 is 5.64. The van der Waals surface area contributed by atoms with Crippen molar-refractivity contribution in [2.24, 2.45) is 11.8 Å². The minimum atomic E-state index is -1.10. The summed E-state index contributed by atoms with van der Waals surface area (Å²) in [5.41, 5.74) is 0. The third-order valence-corrected chi connectivity index (χ3v) is 7.40. The average molecular weight is 637 g/mol. The number of carbonyl (C=O) groups is 1. The summed E-state index contributed by atoms with van der Waals surface area (Å²) in [7, 11) is 0. The fourth-order valence-electron chi connectivity index (χ4n) is 5.19. The Kier molecular flexibility index (Phi) is 20.8. The van der Waals surface area contributed by atoms with E-state index >= 15 is 0 Å². The Morgan fingerprint density at radius 1 is 0.578 bits per heavy atom. The second kappa shape index (κ2) is 23.0. The van der Waals surface area contributed by atoms with E-state index in [1.165, 1.54) is 12.2 Å². The summed E-state index contributed by atoms with van der Waals surface area (Å²) in [6, 6.07) is 0. The molecule has 10 nitrogen and oxygen atoms in total. The van der Waals surface area contributed by atoms with E-state index in [0.717, 1.165) is 0 Å². The molecule has 10 atom stereocenters. The lowest BCUT2D eigenvalue weighted by molar-refractivity contribution is -0.147. The monoisotopic (exact) mass is 636 g/mol. The number of aliphatic hydroxyl groups excluding tert-OH is 8. The van der Waals surface area contributed by atoms with Crippen molar-refractivity contribution in [3.63, 3.8) is 0 Å². The van der Waals surface area contributed by atoms with Gasteiger partial charge >= 0.3 is 5.97 Å². The normalized spacial score (nSPS) is 38.6. The molecule has 45 heavy (non-hydrogen) atoms. The van der Waals surface area contributed by atoms with Crippen LogP contribution in [0, 0.1) is 11.8 Å². The van der Waals surface area contributed by atoms with E-state index in [2.05, 4.69) is 0 Å². The van der Waals surface area contributed by atoms with E-state index in [9.17, 15) is 45.6 Å². The zero-order chi connectivity index (χ0) is 33.8. The van der Waals surface area contributed by atoms with Gasteiger partial charge < -0.3 is 45.6 Å². The van der Waals surface area contributed by atoms with Gasteiger partial charge in [-0.05, 0) is 50.9 Å². The molecule has 8 N–H and O–H groups in total. The first-order valence-corrected chi connectivity index (χ1v) is 15.9. The van der Waals surface area contributed by atoms with Crippen LogP contribution in [-0.4, -0.2) is 102 Å². The van der Waals surface area contributed by atoms with Crippen LogP contribution in [0.25, 0.3) is 0 Å².